The standard InChI is InChI=1S/C10H19NO5/c1-7(2)14-6-15-9-4-8(3)10(5-9)16-11(12)13/h7-10H,4-6H2,1-3H3. The first kappa shape index (κ1) is 13.2. The lowest BCUT2D eigenvalue weighted by Crippen LogP contribution is -2.20. The van der Waals surface area contributed by atoms with Crippen LogP contribution in [0.15, 0.2) is 0 Å². The average molecular weight is 233 g/mol. The molecule has 0 aromatic carbocycles. The molecule has 0 N–H and O–H groups in total. The summed E-state index contributed by atoms with van der Waals surface area (Å²) < 4.78 is 10.7. The SMILES string of the molecule is CC(C)OCOC1CC(C)C(O[N+](=O)[O-])C1. The highest BCUT2D eigenvalue weighted by Crippen LogP contribution is 2.30. The van der Waals surface area contributed by atoms with E-state index in [-0.39, 0.29) is 31.0 Å². The van der Waals surface area contributed by atoms with Crippen molar-refractivity contribution in [3.05, 3.63) is 10.1 Å². The van der Waals surface area contributed by atoms with Gasteiger partial charge in [0.2, 0.25) is 0 Å². The third kappa shape index (κ3) is 4.32. The van der Waals surface area contributed by atoms with E-state index in [1.54, 1.807) is 0 Å². The van der Waals surface area contributed by atoms with Gasteiger partial charge < -0.3 is 14.3 Å². The first-order valence-corrected chi connectivity index (χ1v) is 5.53. The van der Waals surface area contributed by atoms with Crippen molar-refractivity contribution >= 4 is 0 Å². The van der Waals surface area contributed by atoms with E-state index in [0.717, 1.165) is 6.42 Å². The van der Waals surface area contributed by atoms with Crippen LogP contribution >= 0.6 is 0 Å². The lowest BCUT2D eigenvalue weighted by molar-refractivity contribution is -0.770. The van der Waals surface area contributed by atoms with Gasteiger partial charge in [-0.25, -0.2) is 0 Å². The van der Waals surface area contributed by atoms with Gasteiger partial charge in [-0.3, -0.25) is 0 Å². The van der Waals surface area contributed by atoms with E-state index in [1.165, 1.54) is 0 Å². The van der Waals surface area contributed by atoms with Crippen LogP contribution < -0.4 is 0 Å². The van der Waals surface area contributed by atoms with Crippen molar-refractivity contribution < 1.29 is 19.4 Å². The van der Waals surface area contributed by atoms with Crippen LogP contribution in [0, 0.1) is 16.0 Å². The lowest BCUT2D eigenvalue weighted by atomic mass is 10.1. The molecule has 1 aliphatic carbocycles. The number of hydrogen-bond acceptors (Lipinski definition) is 5. The molecule has 0 radical (unpaired) electrons. The van der Waals surface area contributed by atoms with Crippen molar-refractivity contribution in [1.82, 2.24) is 0 Å². The minimum Gasteiger partial charge on any atom is -0.353 e. The van der Waals surface area contributed by atoms with Gasteiger partial charge in [-0.2, -0.15) is 0 Å². The highest BCUT2D eigenvalue weighted by atomic mass is 17.0. The first-order chi connectivity index (χ1) is 7.49. The second kappa shape index (κ2) is 6.00. The van der Waals surface area contributed by atoms with Gasteiger partial charge in [0.25, 0.3) is 5.09 Å². The summed E-state index contributed by atoms with van der Waals surface area (Å²) in [6.07, 6.45) is 1.12. The predicted molar refractivity (Wildman–Crippen MR) is 56.2 cm³/mol. The molecule has 94 valence electrons. The van der Waals surface area contributed by atoms with E-state index in [9.17, 15) is 10.1 Å². The molecule has 3 atom stereocenters. The van der Waals surface area contributed by atoms with Crippen molar-refractivity contribution in [2.75, 3.05) is 6.79 Å². The molecule has 1 aliphatic rings. The van der Waals surface area contributed by atoms with Crippen LogP contribution in [-0.4, -0.2) is 30.2 Å². The first-order valence-electron chi connectivity index (χ1n) is 5.53. The van der Waals surface area contributed by atoms with Crippen LogP contribution in [-0.2, 0) is 14.3 Å². The Labute approximate surface area is 95.0 Å². The van der Waals surface area contributed by atoms with Crippen molar-refractivity contribution in [3.8, 4) is 0 Å². The normalized spacial score (nSPS) is 29.6. The molecule has 0 saturated heterocycles. The lowest BCUT2D eigenvalue weighted by Gasteiger charge is -2.13. The third-order valence-electron chi connectivity index (χ3n) is 2.69. The summed E-state index contributed by atoms with van der Waals surface area (Å²) in [5.41, 5.74) is 0. The summed E-state index contributed by atoms with van der Waals surface area (Å²) in [4.78, 5) is 14.8. The molecule has 0 aliphatic heterocycles. The molecule has 6 nitrogen and oxygen atoms in total. The van der Waals surface area contributed by atoms with E-state index in [4.69, 9.17) is 9.47 Å². The maximum atomic E-state index is 10.2. The summed E-state index contributed by atoms with van der Waals surface area (Å²) in [5.74, 6) is 0.148. The summed E-state index contributed by atoms with van der Waals surface area (Å²) in [7, 11) is 0. The van der Waals surface area contributed by atoms with Crippen LogP contribution in [0.4, 0.5) is 0 Å². The van der Waals surface area contributed by atoms with Crippen LogP contribution in [0.3, 0.4) is 0 Å². The van der Waals surface area contributed by atoms with E-state index >= 15 is 0 Å². The zero-order chi connectivity index (χ0) is 12.1. The van der Waals surface area contributed by atoms with Crippen LogP contribution in [0.2, 0.25) is 0 Å². The summed E-state index contributed by atoms with van der Waals surface area (Å²) in [5, 5.41) is 9.50. The molecular formula is C10H19NO5. The molecule has 3 unspecified atom stereocenters. The van der Waals surface area contributed by atoms with Gasteiger partial charge in [0.15, 0.2) is 0 Å². The molecule has 0 heterocycles. The van der Waals surface area contributed by atoms with Gasteiger partial charge in [-0.05, 0) is 26.2 Å². The Hall–Kier alpha value is -0.880. The Bertz CT molecular complexity index is 233. The van der Waals surface area contributed by atoms with E-state index in [2.05, 4.69) is 4.84 Å². The van der Waals surface area contributed by atoms with Gasteiger partial charge in [0.05, 0.1) is 12.2 Å². The number of ether oxygens (including phenoxy) is 2. The molecule has 1 fully saturated rings. The predicted octanol–water partition coefficient (Wildman–Crippen LogP) is 1.76. The van der Waals surface area contributed by atoms with Crippen molar-refractivity contribution in [1.29, 1.82) is 0 Å². The van der Waals surface area contributed by atoms with Crippen molar-refractivity contribution in [2.24, 2.45) is 5.92 Å². The molecule has 0 spiro atoms. The maximum absolute atomic E-state index is 10.2. The maximum Gasteiger partial charge on any atom is 0.294 e. The van der Waals surface area contributed by atoms with Crippen molar-refractivity contribution in [3.63, 3.8) is 0 Å². The molecule has 0 aromatic heterocycles. The zero-order valence-electron chi connectivity index (χ0n) is 9.92. The minimum absolute atomic E-state index is 0.00120. The average Bonchev–Trinajstić information content (AvgIpc) is 2.45. The monoisotopic (exact) mass is 233 g/mol. The summed E-state index contributed by atoms with van der Waals surface area (Å²) in [6, 6.07) is 0. The van der Waals surface area contributed by atoms with E-state index in [0.29, 0.717) is 6.42 Å². The highest BCUT2D eigenvalue weighted by molar-refractivity contribution is 4.81. The smallest absolute Gasteiger partial charge is 0.294 e. The summed E-state index contributed by atoms with van der Waals surface area (Å²) in [6.45, 7) is 6.03. The molecule has 6 heteroatoms. The third-order valence-corrected chi connectivity index (χ3v) is 2.69. The zero-order valence-corrected chi connectivity index (χ0v) is 9.92. The number of nitrogens with zero attached hydrogens (tertiary/aromatic N) is 1. The Kier molecular flexibility index (Phi) is 4.95. The molecule has 16 heavy (non-hydrogen) atoms. The Balaban J connectivity index is 2.24. The Morgan fingerprint density at radius 3 is 2.69 bits per heavy atom. The Morgan fingerprint density at radius 2 is 2.12 bits per heavy atom. The van der Waals surface area contributed by atoms with Gasteiger partial charge in [-0.15, -0.1) is 10.1 Å². The van der Waals surface area contributed by atoms with Gasteiger partial charge in [0, 0.05) is 6.42 Å². The quantitative estimate of drug-likeness (QED) is 0.397. The second-order valence-electron chi connectivity index (χ2n) is 4.44. The molecule has 1 rings (SSSR count). The minimum atomic E-state index is -0.728. The fourth-order valence-corrected chi connectivity index (χ4v) is 1.82. The summed E-state index contributed by atoms with van der Waals surface area (Å²) >= 11 is 0. The largest absolute Gasteiger partial charge is 0.353 e. The second-order valence-corrected chi connectivity index (χ2v) is 4.44. The van der Waals surface area contributed by atoms with E-state index < -0.39 is 5.09 Å². The van der Waals surface area contributed by atoms with Gasteiger partial charge in [-0.1, -0.05) is 6.92 Å². The topological polar surface area (TPSA) is 70.8 Å². The Morgan fingerprint density at radius 1 is 1.44 bits per heavy atom. The van der Waals surface area contributed by atoms with Gasteiger partial charge >= 0.3 is 0 Å². The van der Waals surface area contributed by atoms with Gasteiger partial charge in [0.1, 0.15) is 12.9 Å². The van der Waals surface area contributed by atoms with E-state index in [1.807, 2.05) is 20.8 Å². The molecule has 0 aromatic rings. The van der Waals surface area contributed by atoms with Crippen LogP contribution in [0.1, 0.15) is 33.6 Å². The highest BCUT2D eigenvalue weighted by Gasteiger charge is 2.34. The van der Waals surface area contributed by atoms with Crippen LogP contribution in [0.25, 0.3) is 0 Å². The van der Waals surface area contributed by atoms with Crippen LogP contribution in [0.5, 0.6) is 0 Å². The number of rotatable bonds is 6. The molecular weight excluding hydrogens is 214 g/mol. The molecule has 0 bridgehead atoms. The molecule has 1 saturated carbocycles. The van der Waals surface area contributed by atoms with Crippen molar-refractivity contribution in [2.45, 2.75) is 51.9 Å². The number of hydrogen-bond donors (Lipinski definition) is 0. The fourth-order valence-electron chi connectivity index (χ4n) is 1.82. The molecule has 0 amide bonds. The fraction of sp³-hybridized carbons (Fsp3) is 1.00.